The summed E-state index contributed by atoms with van der Waals surface area (Å²) in [7, 11) is 5.95. The van der Waals surface area contributed by atoms with E-state index in [1.165, 1.54) is 0 Å². The van der Waals surface area contributed by atoms with Crippen molar-refractivity contribution in [2.75, 3.05) is 27.2 Å². The Morgan fingerprint density at radius 3 is 2.93 bits per heavy atom. The number of rotatable bonds is 6. The van der Waals surface area contributed by atoms with Gasteiger partial charge in [-0.1, -0.05) is 15.9 Å². The van der Waals surface area contributed by atoms with Crippen LogP contribution in [0.4, 0.5) is 0 Å². The Kier molecular flexibility index (Phi) is 5.69. The van der Waals surface area contributed by atoms with Gasteiger partial charge in [-0.05, 0) is 50.5 Å². The number of nitrogens with one attached hydrogen (secondary N) is 2. The van der Waals surface area contributed by atoms with E-state index < -0.39 is 0 Å². The fraction of sp³-hybridized carbons (Fsp3) is 0.227. The molecule has 0 unspecified atom stereocenters. The number of benzene rings is 1. The van der Waals surface area contributed by atoms with E-state index >= 15 is 0 Å². The van der Waals surface area contributed by atoms with E-state index in [9.17, 15) is 4.79 Å². The number of likely N-dealkylation sites (N-methyl/N-ethyl adjacent to an activating group) is 1. The van der Waals surface area contributed by atoms with Gasteiger partial charge in [-0.25, -0.2) is 4.98 Å². The lowest BCUT2D eigenvalue weighted by Gasteiger charge is -2.12. The van der Waals surface area contributed by atoms with Crippen molar-refractivity contribution in [3.63, 3.8) is 0 Å². The molecule has 0 aliphatic carbocycles. The molecule has 3 aromatic heterocycles. The second-order valence-electron chi connectivity index (χ2n) is 7.44. The number of aromatic amines is 1. The van der Waals surface area contributed by atoms with Gasteiger partial charge in [-0.2, -0.15) is 5.10 Å². The van der Waals surface area contributed by atoms with E-state index in [4.69, 9.17) is 0 Å². The molecule has 8 heteroatoms. The van der Waals surface area contributed by atoms with E-state index in [2.05, 4.69) is 36.4 Å². The normalized spacial score (nSPS) is 12.2. The van der Waals surface area contributed by atoms with Gasteiger partial charge in [0, 0.05) is 58.9 Å². The molecular weight excluding hydrogens is 444 g/mol. The highest BCUT2D eigenvalue weighted by Gasteiger charge is 2.19. The van der Waals surface area contributed by atoms with Crippen molar-refractivity contribution in [2.45, 2.75) is 0 Å². The number of fused-ring (bicyclic) bond motifs is 2. The predicted octanol–water partition coefficient (Wildman–Crippen LogP) is 3.43. The zero-order chi connectivity index (χ0) is 21.3. The summed E-state index contributed by atoms with van der Waals surface area (Å²) in [5.41, 5.74) is 3.87. The van der Waals surface area contributed by atoms with Crippen LogP contribution in [0.1, 0.15) is 11.3 Å². The van der Waals surface area contributed by atoms with Crippen molar-refractivity contribution in [1.82, 2.24) is 30.0 Å². The quantitative estimate of drug-likeness (QED) is 0.426. The highest BCUT2D eigenvalue weighted by Crippen LogP contribution is 2.31. The lowest BCUT2D eigenvalue weighted by molar-refractivity contribution is -0.115. The van der Waals surface area contributed by atoms with Gasteiger partial charge >= 0.3 is 0 Å². The van der Waals surface area contributed by atoms with E-state index in [1.807, 2.05) is 73.2 Å². The lowest BCUT2D eigenvalue weighted by atomic mass is 10.0. The van der Waals surface area contributed by atoms with Crippen LogP contribution in [-0.2, 0) is 11.8 Å². The van der Waals surface area contributed by atoms with Crippen LogP contribution in [-0.4, -0.2) is 57.7 Å². The van der Waals surface area contributed by atoms with Gasteiger partial charge in [-0.15, -0.1) is 0 Å². The van der Waals surface area contributed by atoms with E-state index in [-0.39, 0.29) is 5.91 Å². The first kappa shape index (κ1) is 20.3. The fourth-order valence-corrected chi connectivity index (χ4v) is 3.82. The first-order valence-electron chi connectivity index (χ1n) is 9.62. The van der Waals surface area contributed by atoms with Crippen molar-refractivity contribution in [3.05, 3.63) is 58.5 Å². The molecule has 0 aliphatic heterocycles. The first-order chi connectivity index (χ1) is 14.4. The molecule has 0 atom stereocenters. The molecule has 154 valence electrons. The third-order valence-corrected chi connectivity index (χ3v) is 5.47. The number of nitrogens with zero attached hydrogens (tertiary/aromatic N) is 4. The Labute approximate surface area is 182 Å². The predicted molar refractivity (Wildman–Crippen MR) is 124 cm³/mol. The molecule has 0 spiro atoms. The van der Waals surface area contributed by atoms with Crippen LogP contribution in [0.25, 0.3) is 33.6 Å². The highest BCUT2D eigenvalue weighted by molar-refractivity contribution is 9.10. The summed E-state index contributed by atoms with van der Waals surface area (Å²) in [5.74, 6) is -0.129. The van der Waals surface area contributed by atoms with Crippen LogP contribution in [0.3, 0.4) is 0 Å². The van der Waals surface area contributed by atoms with Crippen LogP contribution in [0.15, 0.2) is 47.2 Å². The molecular formula is C22H23BrN6O. The molecule has 30 heavy (non-hydrogen) atoms. The third-order valence-electron chi connectivity index (χ3n) is 4.98. The Morgan fingerprint density at radius 2 is 2.13 bits per heavy atom. The number of carbonyl (C=O) groups is 1. The third kappa shape index (κ3) is 4.01. The van der Waals surface area contributed by atoms with Crippen LogP contribution in [0.2, 0.25) is 0 Å². The van der Waals surface area contributed by atoms with Gasteiger partial charge in [0.2, 0.25) is 0 Å². The average Bonchev–Trinajstić information content (AvgIpc) is 3.26. The summed E-state index contributed by atoms with van der Waals surface area (Å²) >= 11 is 3.55. The Hall–Kier alpha value is -2.97. The molecule has 7 nitrogen and oxygen atoms in total. The number of halogens is 1. The molecule has 4 rings (SSSR count). The van der Waals surface area contributed by atoms with Crippen LogP contribution in [0.5, 0.6) is 0 Å². The zero-order valence-corrected chi connectivity index (χ0v) is 18.7. The molecule has 0 fully saturated rings. The van der Waals surface area contributed by atoms with Crippen LogP contribution in [0, 0.1) is 0 Å². The molecule has 0 radical (unpaired) electrons. The highest BCUT2D eigenvalue weighted by atomic mass is 79.9. The zero-order valence-electron chi connectivity index (χ0n) is 17.1. The van der Waals surface area contributed by atoms with Gasteiger partial charge in [-0.3, -0.25) is 9.89 Å². The molecule has 3 heterocycles. The Bertz CT molecular complexity index is 1250. The SMILES string of the molecule is CN(C)CCNC(=O)C(=Cc1[nH]nc2ncccc12)c1cn(C)c2ccc(Br)cc12. The minimum atomic E-state index is -0.129. The largest absolute Gasteiger partial charge is 0.351 e. The van der Waals surface area contributed by atoms with Crippen molar-refractivity contribution in [1.29, 1.82) is 0 Å². The molecule has 1 amide bonds. The van der Waals surface area contributed by atoms with E-state index in [0.29, 0.717) is 17.8 Å². The van der Waals surface area contributed by atoms with Gasteiger partial charge in [0.15, 0.2) is 5.65 Å². The van der Waals surface area contributed by atoms with Crippen LogP contribution < -0.4 is 5.32 Å². The average molecular weight is 467 g/mol. The number of hydrogen-bond acceptors (Lipinski definition) is 4. The number of amides is 1. The van der Waals surface area contributed by atoms with E-state index in [0.717, 1.165) is 38.6 Å². The van der Waals surface area contributed by atoms with Gasteiger partial charge in [0.25, 0.3) is 5.91 Å². The molecule has 2 N–H and O–H groups in total. The number of H-pyrrole nitrogens is 1. The molecule has 0 bridgehead atoms. The minimum absolute atomic E-state index is 0.129. The molecule has 0 saturated heterocycles. The number of pyridine rings is 1. The van der Waals surface area contributed by atoms with Crippen molar-refractivity contribution < 1.29 is 4.79 Å². The Morgan fingerprint density at radius 1 is 1.30 bits per heavy atom. The number of aromatic nitrogens is 4. The van der Waals surface area contributed by atoms with Gasteiger partial charge in [0.1, 0.15) is 0 Å². The maximum atomic E-state index is 13.3. The fourth-order valence-electron chi connectivity index (χ4n) is 3.46. The van der Waals surface area contributed by atoms with E-state index in [1.54, 1.807) is 6.20 Å². The van der Waals surface area contributed by atoms with Crippen molar-refractivity contribution in [2.24, 2.45) is 7.05 Å². The summed E-state index contributed by atoms with van der Waals surface area (Å²) in [6.45, 7) is 1.32. The smallest absolute Gasteiger partial charge is 0.252 e. The van der Waals surface area contributed by atoms with Crippen molar-refractivity contribution in [3.8, 4) is 0 Å². The van der Waals surface area contributed by atoms with Crippen molar-refractivity contribution >= 4 is 55.4 Å². The molecule has 0 saturated carbocycles. The molecule has 4 aromatic rings. The van der Waals surface area contributed by atoms with Gasteiger partial charge < -0.3 is 14.8 Å². The number of hydrogen-bond donors (Lipinski definition) is 2. The molecule has 0 aliphatic rings. The summed E-state index contributed by atoms with van der Waals surface area (Å²) in [6, 6.07) is 9.89. The maximum absolute atomic E-state index is 13.3. The summed E-state index contributed by atoms with van der Waals surface area (Å²) in [4.78, 5) is 19.6. The second-order valence-corrected chi connectivity index (χ2v) is 8.36. The molecule has 1 aromatic carbocycles. The van der Waals surface area contributed by atoms with Crippen LogP contribution >= 0.6 is 15.9 Å². The number of aryl methyl sites for hydroxylation is 1. The number of carbonyl (C=O) groups excluding carboxylic acids is 1. The Balaban J connectivity index is 1.84. The minimum Gasteiger partial charge on any atom is -0.351 e. The summed E-state index contributed by atoms with van der Waals surface area (Å²) in [5, 5.41) is 12.2. The second kappa shape index (κ2) is 8.41. The lowest BCUT2D eigenvalue weighted by Crippen LogP contribution is -2.31. The maximum Gasteiger partial charge on any atom is 0.252 e. The first-order valence-corrected chi connectivity index (χ1v) is 10.4. The summed E-state index contributed by atoms with van der Waals surface area (Å²) < 4.78 is 3.00. The van der Waals surface area contributed by atoms with Gasteiger partial charge in [0.05, 0.1) is 11.3 Å². The standard InChI is InChI=1S/C22H23BrN6O/c1-28(2)10-9-25-22(30)17(12-19-15-5-4-8-24-21(15)27-26-19)18-13-29(3)20-7-6-14(23)11-16(18)20/h4-8,11-13H,9-10H2,1-3H3,(H,25,30)(H,24,26,27). The monoisotopic (exact) mass is 466 g/mol. The summed E-state index contributed by atoms with van der Waals surface area (Å²) in [6.07, 6.45) is 5.55. The topological polar surface area (TPSA) is 78.8 Å².